The number of aryl methyl sites for hydroxylation is 2. The van der Waals surface area contributed by atoms with Crippen molar-refractivity contribution in [1.29, 1.82) is 0 Å². The van der Waals surface area contributed by atoms with Gasteiger partial charge in [-0.25, -0.2) is 0 Å². The third-order valence-corrected chi connectivity index (χ3v) is 4.70. The molecule has 28 heavy (non-hydrogen) atoms. The van der Waals surface area contributed by atoms with Crippen LogP contribution in [0.5, 0.6) is 5.75 Å². The first-order chi connectivity index (χ1) is 13.5. The molecular formula is C20H26N4O4. The van der Waals surface area contributed by atoms with Gasteiger partial charge in [-0.1, -0.05) is 18.2 Å². The van der Waals surface area contributed by atoms with Gasteiger partial charge in [-0.05, 0) is 25.1 Å². The molecule has 0 saturated carbocycles. The first-order valence-electron chi connectivity index (χ1n) is 9.29. The van der Waals surface area contributed by atoms with Crippen molar-refractivity contribution in [2.24, 2.45) is 7.05 Å². The molecule has 1 aliphatic rings. The Morgan fingerprint density at radius 2 is 2.04 bits per heavy atom. The van der Waals surface area contributed by atoms with Crippen LogP contribution in [0.2, 0.25) is 0 Å². The molecule has 0 bridgehead atoms. The minimum Gasteiger partial charge on any atom is -0.488 e. The summed E-state index contributed by atoms with van der Waals surface area (Å²) in [4.78, 5) is 27.4. The van der Waals surface area contributed by atoms with E-state index in [9.17, 15) is 9.59 Å². The molecule has 2 heterocycles. The van der Waals surface area contributed by atoms with Crippen LogP contribution in [0.3, 0.4) is 0 Å². The molecule has 1 aromatic carbocycles. The largest absolute Gasteiger partial charge is 0.488 e. The highest BCUT2D eigenvalue weighted by molar-refractivity contribution is 5.97. The Morgan fingerprint density at radius 3 is 2.68 bits per heavy atom. The molecule has 8 nitrogen and oxygen atoms in total. The highest BCUT2D eigenvalue weighted by atomic mass is 16.5. The first kappa shape index (κ1) is 19.9. The maximum atomic E-state index is 13.1. The number of carbonyl (C=O) groups excluding carboxylic acids is 2. The summed E-state index contributed by atoms with van der Waals surface area (Å²) in [6.45, 7) is 2.97. The Bertz CT molecular complexity index is 821. The van der Waals surface area contributed by atoms with Crippen molar-refractivity contribution in [2.45, 2.75) is 25.5 Å². The van der Waals surface area contributed by atoms with E-state index in [2.05, 4.69) is 10.4 Å². The van der Waals surface area contributed by atoms with Crippen molar-refractivity contribution in [3.8, 4) is 5.75 Å². The van der Waals surface area contributed by atoms with E-state index in [1.165, 1.54) is 0 Å². The quantitative estimate of drug-likeness (QED) is 0.722. The SMILES string of the molecule is COCCNC(=O)[C@@H]1C[C@H](Oc2ccccc2)CN1C(=O)c1cc(C)nn1C. The molecule has 3 rings (SSSR count). The smallest absolute Gasteiger partial charge is 0.272 e. The van der Waals surface area contributed by atoms with Gasteiger partial charge in [0.05, 0.1) is 18.8 Å². The van der Waals surface area contributed by atoms with E-state index in [1.807, 2.05) is 37.3 Å². The fraction of sp³-hybridized carbons (Fsp3) is 0.450. The third-order valence-electron chi connectivity index (χ3n) is 4.70. The molecule has 1 N–H and O–H groups in total. The zero-order chi connectivity index (χ0) is 20.1. The lowest BCUT2D eigenvalue weighted by molar-refractivity contribution is -0.125. The van der Waals surface area contributed by atoms with Crippen LogP contribution in [-0.2, 0) is 16.6 Å². The molecule has 1 fully saturated rings. The highest BCUT2D eigenvalue weighted by Gasteiger charge is 2.41. The topological polar surface area (TPSA) is 85.7 Å². The van der Waals surface area contributed by atoms with Crippen molar-refractivity contribution in [2.75, 3.05) is 26.8 Å². The third kappa shape index (κ3) is 4.51. The Balaban J connectivity index is 1.77. The van der Waals surface area contributed by atoms with Gasteiger partial charge in [0.1, 0.15) is 23.6 Å². The van der Waals surface area contributed by atoms with E-state index in [1.54, 1.807) is 29.8 Å². The molecule has 0 unspecified atom stereocenters. The molecule has 2 aromatic rings. The monoisotopic (exact) mass is 386 g/mol. The van der Waals surface area contributed by atoms with Gasteiger partial charge < -0.3 is 19.7 Å². The highest BCUT2D eigenvalue weighted by Crippen LogP contribution is 2.25. The minimum atomic E-state index is -0.603. The number of likely N-dealkylation sites (tertiary alicyclic amines) is 1. The molecular weight excluding hydrogens is 360 g/mol. The number of benzene rings is 1. The zero-order valence-corrected chi connectivity index (χ0v) is 16.4. The lowest BCUT2D eigenvalue weighted by Gasteiger charge is -2.23. The summed E-state index contributed by atoms with van der Waals surface area (Å²) in [7, 11) is 3.30. The number of hydrogen-bond donors (Lipinski definition) is 1. The molecule has 1 aliphatic heterocycles. The van der Waals surface area contributed by atoms with Crippen LogP contribution in [0, 0.1) is 6.92 Å². The van der Waals surface area contributed by atoms with Crippen molar-refractivity contribution in [1.82, 2.24) is 20.0 Å². The minimum absolute atomic E-state index is 0.205. The molecule has 150 valence electrons. The lowest BCUT2D eigenvalue weighted by Crippen LogP contribution is -2.47. The number of nitrogens with zero attached hydrogens (tertiary/aromatic N) is 3. The maximum Gasteiger partial charge on any atom is 0.272 e. The number of ether oxygens (including phenoxy) is 2. The second-order valence-electron chi connectivity index (χ2n) is 6.84. The van der Waals surface area contributed by atoms with E-state index in [0.717, 1.165) is 11.4 Å². The Hall–Kier alpha value is -2.87. The van der Waals surface area contributed by atoms with Crippen molar-refractivity contribution in [3.63, 3.8) is 0 Å². The Kier molecular flexibility index (Phi) is 6.30. The number of hydrogen-bond acceptors (Lipinski definition) is 5. The number of amides is 2. The summed E-state index contributed by atoms with van der Waals surface area (Å²) in [5.74, 6) is 0.286. The molecule has 2 amide bonds. The number of para-hydroxylation sites is 1. The molecule has 0 spiro atoms. The Labute approximate surface area is 164 Å². The average molecular weight is 386 g/mol. The maximum absolute atomic E-state index is 13.1. The van der Waals surface area contributed by atoms with Gasteiger partial charge in [0.15, 0.2) is 0 Å². The molecule has 1 aromatic heterocycles. The van der Waals surface area contributed by atoms with E-state index >= 15 is 0 Å². The summed E-state index contributed by atoms with van der Waals surface area (Å²) in [5.41, 5.74) is 1.20. The van der Waals surface area contributed by atoms with Gasteiger partial charge >= 0.3 is 0 Å². The van der Waals surface area contributed by atoms with Gasteiger partial charge in [-0.2, -0.15) is 5.10 Å². The standard InChI is InChI=1S/C20H26N4O4/c1-14-11-18(23(2)22-14)20(26)24-13-16(28-15-7-5-4-6-8-15)12-17(24)19(25)21-9-10-27-3/h4-8,11,16-17H,9-10,12-13H2,1-3H3,(H,21,25)/t16-,17-/m0/s1. The van der Waals surface area contributed by atoms with Gasteiger partial charge in [0.2, 0.25) is 5.91 Å². The predicted octanol–water partition coefficient (Wildman–Crippen LogP) is 1.15. The molecule has 1 saturated heterocycles. The number of rotatable bonds is 7. The van der Waals surface area contributed by atoms with Crippen molar-refractivity contribution < 1.29 is 19.1 Å². The van der Waals surface area contributed by atoms with Crippen LogP contribution < -0.4 is 10.1 Å². The number of nitrogens with one attached hydrogen (secondary N) is 1. The van der Waals surface area contributed by atoms with Crippen LogP contribution in [0.1, 0.15) is 22.6 Å². The van der Waals surface area contributed by atoms with E-state index < -0.39 is 6.04 Å². The predicted molar refractivity (Wildman–Crippen MR) is 103 cm³/mol. The van der Waals surface area contributed by atoms with Gasteiger partial charge in [-0.3, -0.25) is 14.3 Å². The summed E-state index contributed by atoms with van der Waals surface area (Å²) in [6.07, 6.45) is 0.162. The van der Waals surface area contributed by atoms with Crippen LogP contribution >= 0.6 is 0 Å². The molecule has 2 atom stereocenters. The van der Waals surface area contributed by atoms with Gasteiger partial charge in [-0.15, -0.1) is 0 Å². The van der Waals surface area contributed by atoms with Crippen LogP contribution in [0.15, 0.2) is 36.4 Å². The van der Waals surface area contributed by atoms with E-state index in [-0.39, 0.29) is 17.9 Å². The molecule has 0 aliphatic carbocycles. The molecule has 8 heteroatoms. The summed E-state index contributed by atoms with van der Waals surface area (Å²) in [6, 6.07) is 10.5. The average Bonchev–Trinajstić information content (AvgIpc) is 3.25. The first-order valence-corrected chi connectivity index (χ1v) is 9.29. The number of aromatic nitrogens is 2. The van der Waals surface area contributed by atoms with Crippen LogP contribution in [0.4, 0.5) is 0 Å². The van der Waals surface area contributed by atoms with E-state index in [0.29, 0.717) is 31.8 Å². The lowest BCUT2D eigenvalue weighted by atomic mass is 10.1. The second kappa shape index (κ2) is 8.88. The van der Waals surface area contributed by atoms with Crippen molar-refractivity contribution in [3.05, 3.63) is 47.8 Å². The van der Waals surface area contributed by atoms with Crippen LogP contribution in [0.25, 0.3) is 0 Å². The summed E-state index contributed by atoms with van der Waals surface area (Å²) >= 11 is 0. The zero-order valence-electron chi connectivity index (χ0n) is 16.4. The second-order valence-corrected chi connectivity index (χ2v) is 6.84. The Morgan fingerprint density at radius 1 is 1.29 bits per heavy atom. The fourth-order valence-electron chi connectivity index (χ4n) is 3.40. The molecule has 0 radical (unpaired) electrons. The summed E-state index contributed by atoms with van der Waals surface area (Å²) in [5, 5.41) is 7.07. The normalized spacial score (nSPS) is 18.9. The summed E-state index contributed by atoms with van der Waals surface area (Å²) < 4.78 is 12.5. The van der Waals surface area contributed by atoms with Crippen LogP contribution in [-0.4, -0.2) is 65.4 Å². The van der Waals surface area contributed by atoms with E-state index in [4.69, 9.17) is 9.47 Å². The van der Waals surface area contributed by atoms with Gasteiger partial charge in [0.25, 0.3) is 5.91 Å². The number of methoxy groups -OCH3 is 1. The van der Waals surface area contributed by atoms with Crippen molar-refractivity contribution >= 4 is 11.8 Å². The fourth-order valence-corrected chi connectivity index (χ4v) is 3.40. The van der Waals surface area contributed by atoms with Gasteiger partial charge in [0, 0.05) is 27.1 Å². The number of carbonyl (C=O) groups is 2.